The predicted octanol–water partition coefficient (Wildman–Crippen LogP) is 3.56. The number of rotatable bonds is 13. The average molecular weight is 588 g/mol. The van der Waals surface area contributed by atoms with Gasteiger partial charge in [-0.3, -0.25) is 9.59 Å². The normalized spacial score (nSPS) is 15.2. The number of amides is 2. The molecule has 4 aromatic rings. The maximum atomic E-state index is 14.2. The van der Waals surface area contributed by atoms with Crippen molar-refractivity contribution in [2.75, 3.05) is 41.0 Å². The molecular formula is C32H37N5O6. The van der Waals surface area contributed by atoms with E-state index in [-0.39, 0.29) is 31.0 Å². The first-order valence-corrected chi connectivity index (χ1v) is 14.3. The Labute approximate surface area is 250 Å². The summed E-state index contributed by atoms with van der Waals surface area (Å²) in [4.78, 5) is 29.9. The van der Waals surface area contributed by atoms with Crippen LogP contribution < -0.4 is 19.5 Å². The Balaban J connectivity index is 1.55. The van der Waals surface area contributed by atoms with Crippen molar-refractivity contribution >= 4 is 22.8 Å². The molecule has 0 unspecified atom stereocenters. The van der Waals surface area contributed by atoms with Crippen molar-refractivity contribution < 1.29 is 28.5 Å². The van der Waals surface area contributed by atoms with Crippen molar-refractivity contribution in [1.29, 1.82) is 0 Å². The maximum Gasteiger partial charge on any atom is 0.247 e. The van der Waals surface area contributed by atoms with Crippen molar-refractivity contribution in [2.45, 2.75) is 38.0 Å². The summed E-state index contributed by atoms with van der Waals surface area (Å²) in [5, 5.41) is 11.5. The summed E-state index contributed by atoms with van der Waals surface area (Å²) >= 11 is 0. The number of ether oxygens (including phenoxy) is 4. The first-order valence-electron chi connectivity index (χ1n) is 14.3. The fraction of sp³-hybridized carbons (Fsp3) is 0.375. The lowest BCUT2D eigenvalue weighted by Crippen LogP contribution is -2.47. The Bertz CT molecular complexity index is 1510. The molecule has 11 nitrogen and oxygen atoms in total. The quantitative estimate of drug-likeness (QED) is 0.252. The van der Waals surface area contributed by atoms with Crippen molar-refractivity contribution in [1.82, 2.24) is 25.2 Å². The second-order valence-corrected chi connectivity index (χ2v) is 10.3. The van der Waals surface area contributed by atoms with Crippen LogP contribution in [-0.2, 0) is 27.3 Å². The summed E-state index contributed by atoms with van der Waals surface area (Å²) < 4.78 is 24.1. The summed E-state index contributed by atoms with van der Waals surface area (Å²) in [6.07, 6.45) is 2.28. The monoisotopic (exact) mass is 587 g/mol. The van der Waals surface area contributed by atoms with E-state index in [2.05, 4.69) is 15.6 Å². The van der Waals surface area contributed by atoms with Gasteiger partial charge in [0, 0.05) is 19.7 Å². The van der Waals surface area contributed by atoms with Crippen LogP contribution in [0.1, 0.15) is 30.0 Å². The molecule has 0 radical (unpaired) electrons. The van der Waals surface area contributed by atoms with Crippen LogP contribution >= 0.6 is 0 Å². The van der Waals surface area contributed by atoms with E-state index in [4.69, 9.17) is 18.9 Å². The molecule has 2 heterocycles. The van der Waals surface area contributed by atoms with Gasteiger partial charge >= 0.3 is 0 Å². The second-order valence-electron chi connectivity index (χ2n) is 10.3. The third kappa shape index (κ3) is 6.89. The number of fused-ring (bicyclic) bond motifs is 1. The number of methoxy groups -OCH3 is 3. The number of hydrogen-bond acceptors (Lipinski definition) is 8. The molecule has 0 bridgehead atoms. The van der Waals surface area contributed by atoms with Gasteiger partial charge in [0.15, 0.2) is 11.5 Å². The Morgan fingerprint density at radius 1 is 1.02 bits per heavy atom. The van der Waals surface area contributed by atoms with Crippen LogP contribution in [0.15, 0.2) is 66.7 Å². The van der Waals surface area contributed by atoms with Gasteiger partial charge in [0.05, 0.1) is 33.0 Å². The van der Waals surface area contributed by atoms with Gasteiger partial charge in [0.1, 0.15) is 18.1 Å². The maximum absolute atomic E-state index is 14.2. The number of para-hydroxylation sites is 1. The zero-order valence-corrected chi connectivity index (χ0v) is 24.7. The third-order valence-corrected chi connectivity index (χ3v) is 7.60. The molecule has 0 saturated carbocycles. The van der Waals surface area contributed by atoms with E-state index < -0.39 is 6.04 Å². The van der Waals surface area contributed by atoms with Gasteiger partial charge in [-0.25, -0.2) is 4.68 Å². The Kier molecular flexibility index (Phi) is 9.73. The molecule has 0 spiro atoms. The average Bonchev–Trinajstić information content (AvgIpc) is 3.72. The van der Waals surface area contributed by atoms with Crippen LogP contribution in [-0.4, -0.2) is 78.8 Å². The minimum atomic E-state index is -1.01. The second kappa shape index (κ2) is 14.0. The summed E-state index contributed by atoms with van der Waals surface area (Å²) in [6.45, 7) is 1.18. The Hall–Kier alpha value is -4.64. The van der Waals surface area contributed by atoms with Crippen molar-refractivity contribution in [3.8, 4) is 17.2 Å². The van der Waals surface area contributed by atoms with Crippen LogP contribution in [0.2, 0.25) is 0 Å². The fourth-order valence-electron chi connectivity index (χ4n) is 5.39. The Morgan fingerprint density at radius 3 is 2.42 bits per heavy atom. The lowest BCUT2D eigenvalue weighted by Gasteiger charge is -2.32. The zero-order chi connectivity index (χ0) is 30.2. The Morgan fingerprint density at radius 2 is 1.74 bits per heavy atom. The number of nitrogens with zero attached hydrogens (tertiary/aromatic N) is 4. The van der Waals surface area contributed by atoms with Crippen LogP contribution in [0.5, 0.6) is 17.2 Å². The third-order valence-electron chi connectivity index (χ3n) is 7.60. The van der Waals surface area contributed by atoms with Crippen LogP contribution in [0.25, 0.3) is 11.0 Å². The summed E-state index contributed by atoms with van der Waals surface area (Å²) in [5.41, 5.74) is 2.96. The van der Waals surface area contributed by atoms with Crippen molar-refractivity contribution in [2.24, 2.45) is 0 Å². The molecule has 43 heavy (non-hydrogen) atoms. The van der Waals surface area contributed by atoms with E-state index in [0.717, 1.165) is 23.9 Å². The van der Waals surface area contributed by atoms with Crippen molar-refractivity contribution in [3.63, 3.8) is 0 Å². The van der Waals surface area contributed by atoms with E-state index in [9.17, 15) is 9.59 Å². The molecule has 3 aromatic carbocycles. The number of carbonyl (C=O) groups excluding carboxylic acids is 2. The van der Waals surface area contributed by atoms with Crippen LogP contribution in [0.4, 0.5) is 0 Å². The molecular weight excluding hydrogens is 550 g/mol. The highest BCUT2D eigenvalue weighted by atomic mass is 16.5. The molecule has 2 amide bonds. The first kappa shape index (κ1) is 29.8. The molecule has 11 heteroatoms. The van der Waals surface area contributed by atoms with Crippen molar-refractivity contribution in [3.05, 3.63) is 77.9 Å². The highest BCUT2D eigenvalue weighted by Gasteiger charge is 2.34. The topological polar surface area (TPSA) is 117 Å². The summed E-state index contributed by atoms with van der Waals surface area (Å²) in [5.74, 6) is 0.522. The molecule has 1 N–H and O–H groups in total. The predicted molar refractivity (Wildman–Crippen MR) is 160 cm³/mol. The lowest BCUT2D eigenvalue weighted by molar-refractivity contribution is -0.141. The van der Waals surface area contributed by atoms with E-state index in [0.29, 0.717) is 47.9 Å². The fourth-order valence-corrected chi connectivity index (χ4v) is 5.39. The standard InChI is InChI=1S/C32H37N5O6/c1-40-27-18-23(19-28(41-2)31(27)42-3)30(32(39)33-20-24-12-9-17-43-24)36(16-15-22-10-5-4-6-11-22)29(38)21-37-26-14-8-7-13-25(26)34-35-37/h4-8,10-11,13-14,18-19,24,30H,9,12,15-17,20-21H2,1-3H3,(H,33,39)/t24-,30-/m1/s1. The SMILES string of the molecule is COc1cc([C@H](C(=O)NC[C@H]2CCCO2)N(CCc2ccccc2)C(=O)Cn2nnc3ccccc32)cc(OC)c1OC. The number of carbonyl (C=O) groups is 2. The molecule has 2 atom stereocenters. The minimum absolute atomic E-state index is 0.0699. The van der Waals surface area contributed by atoms with Gasteiger partial charge in [0.25, 0.3) is 0 Å². The molecule has 5 rings (SSSR count). The lowest BCUT2D eigenvalue weighted by atomic mass is 10.0. The highest BCUT2D eigenvalue weighted by Crippen LogP contribution is 2.41. The summed E-state index contributed by atoms with van der Waals surface area (Å²) in [7, 11) is 4.55. The van der Waals surface area contributed by atoms with E-state index in [1.165, 1.54) is 21.3 Å². The van der Waals surface area contributed by atoms with Crippen LogP contribution in [0, 0.1) is 0 Å². The molecule has 1 aliphatic heterocycles. The van der Waals surface area contributed by atoms with E-state index in [1.54, 1.807) is 21.7 Å². The zero-order valence-electron chi connectivity index (χ0n) is 24.7. The number of benzene rings is 3. The van der Waals surface area contributed by atoms with Gasteiger partial charge in [-0.05, 0) is 54.7 Å². The number of nitrogens with one attached hydrogen (secondary N) is 1. The van der Waals surface area contributed by atoms with Gasteiger partial charge < -0.3 is 29.2 Å². The summed E-state index contributed by atoms with van der Waals surface area (Å²) in [6, 6.07) is 19.7. The number of aromatic nitrogens is 3. The molecule has 1 saturated heterocycles. The smallest absolute Gasteiger partial charge is 0.247 e. The van der Waals surface area contributed by atoms with Gasteiger partial charge in [-0.2, -0.15) is 0 Å². The largest absolute Gasteiger partial charge is 0.493 e. The van der Waals surface area contributed by atoms with Gasteiger partial charge in [0.2, 0.25) is 17.6 Å². The molecule has 1 fully saturated rings. The highest BCUT2D eigenvalue weighted by molar-refractivity contribution is 5.89. The van der Waals surface area contributed by atoms with E-state index in [1.807, 2.05) is 54.6 Å². The van der Waals surface area contributed by atoms with E-state index >= 15 is 0 Å². The number of hydrogen-bond donors (Lipinski definition) is 1. The van der Waals surface area contributed by atoms with Gasteiger partial charge in [-0.1, -0.05) is 47.7 Å². The first-order chi connectivity index (χ1) is 21.0. The molecule has 0 aliphatic carbocycles. The molecule has 226 valence electrons. The van der Waals surface area contributed by atoms with Crippen LogP contribution in [0.3, 0.4) is 0 Å². The molecule has 1 aliphatic rings. The van der Waals surface area contributed by atoms with Gasteiger partial charge in [-0.15, -0.1) is 5.10 Å². The molecule has 1 aromatic heterocycles. The minimum Gasteiger partial charge on any atom is -0.493 e.